The normalized spacial score (nSPS) is 17.1. The standard InChI is InChI=1S/C27H36N4O3S2/c1-4-22-11-9-10-18-31(22)36(33,34)23-16-14-21(15-17-23)26(32)30(20-19-29(5-2)6-3)27-28-24-12-7-8-13-25(24)35-27/h7-8,12-17,22H,4-6,9-11,18-20H2,1-3H3. The fourth-order valence-corrected chi connectivity index (χ4v) is 7.56. The topological polar surface area (TPSA) is 73.8 Å². The number of para-hydroxylation sites is 1. The van der Waals surface area contributed by atoms with Gasteiger partial charge in [-0.2, -0.15) is 4.31 Å². The van der Waals surface area contributed by atoms with Crippen molar-refractivity contribution < 1.29 is 13.2 Å². The van der Waals surface area contributed by atoms with Crippen LogP contribution in [-0.2, 0) is 10.0 Å². The van der Waals surface area contributed by atoms with Gasteiger partial charge in [-0.05, 0) is 68.8 Å². The van der Waals surface area contributed by atoms with Crippen molar-refractivity contribution >= 4 is 42.6 Å². The van der Waals surface area contributed by atoms with Gasteiger partial charge in [0, 0.05) is 31.2 Å². The van der Waals surface area contributed by atoms with Crippen molar-refractivity contribution in [2.24, 2.45) is 0 Å². The summed E-state index contributed by atoms with van der Waals surface area (Å²) in [6.07, 6.45) is 3.65. The van der Waals surface area contributed by atoms with E-state index in [1.807, 2.05) is 31.2 Å². The fraction of sp³-hybridized carbons (Fsp3) is 0.481. The van der Waals surface area contributed by atoms with Crippen molar-refractivity contribution in [1.82, 2.24) is 14.2 Å². The van der Waals surface area contributed by atoms with Crippen LogP contribution in [0.2, 0.25) is 0 Å². The van der Waals surface area contributed by atoms with Crippen LogP contribution in [0.5, 0.6) is 0 Å². The Morgan fingerprint density at radius 3 is 2.42 bits per heavy atom. The predicted octanol–water partition coefficient (Wildman–Crippen LogP) is 5.24. The highest BCUT2D eigenvalue weighted by Gasteiger charge is 2.32. The van der Waals surface area contributed by atoms with Gasteiger partial charge in [-0.15, -0.1) is 0 Å². The average Bonchev–Trinajstić information content (AvgIpc) is 3.35. The third kappa shape index (κ3) is 5.64. The van der Waals surface area contributed by atoms with Gasteiger partial charge in [-0.1, -0.05) is 50.7 Å². The number of carbonyl (C=O) groups is 1. The molecular weight excluding hydrogens is 492 g/mol. The number of likely N-dealkylation sites (N-methyl/N-ethyl adjacent to an activating group) is 1. The lowest BCUT2D eigenvalue weighted by molar-refractivity contribution is 0.0983. The summed E-state index contributed by atoms with van der Waals surface area (Å²) in [5.74, 6) is -0.172. The molecule has 0 saturated carbocycles. The maximum absolute atomic E-state index is 13.7. The van der Waals surface area contributed by atoms with Gasteiger partial charge in [0.2, 0.25) is 10.0 Å². The number of amides is 1. The van der Waals surface area contributed by atoms with Gasteiger partial charge in [0.05, 0.1) is 15.1 Å². The number of hydrogen-bond donors (Lipinski definition) is 0. The highest BCUT2D eigenvalue weighted by molar-refractivity contribution is 7.89. The molecule has 1 saturated heterocycles. The minimum atomic E-state index is -3.59. The number of aromatic nitrogens is 1. The molecule has 0 bridgehead atoms. The first-order chi connectivity index (χ1) is 17.4. The Kier molecular flexibility index (Phi) is 8.77. The zero-order valence-corrected chi connectivity index (χ0v) is 23.0. The number of anilines is 1. The van der Waals surface area contributed by atoms with Crippen molar-refractivity contribution in [3.63, 3.8) is 0 Å². The van der Waals surface area contributed by atoms with Crippen molar-refractivity contribution in [1.29, 1.82) is 0 Å². The monoisotopic (exact) mass is 528 g/mol. The third-order valence-electron chi connectivity index (χ3n) is 7.05. The van der Waals surface area contributed by atoms with Gasteiger partial charge in [-0.3, -0.25) is 9.69 Å². The van der Waals surface area contributed by atoms with E-state index in [0.29, 0.717) is 23.8 Å². The van der Waals surface area contributed by atoms with Crippen molar-refractivity contribution in [2.75, 3.05) is 37.6 Å². The number of sulfonamides is 1. The van der Waals surface area contributed by atoms with E-state index in [9.17, 15) is 13.2 Å². The number of benzene rings is 2. The van der Waals surface area contributed by atoms with E-state index in [1.54, 1.807) is 33.5 Å². The number of fused-ring (bicyclic) bond motifs is 1. The molecule has 0 radical (unpaired) electrons. The summed E-state index contributed by atoms with van der Waals surface area (Å²) in [6.45, 7) is 9.85. The Hall–Kier alpha value is -2.33. The molecule has 1 unspecified atom stereocenters. The largest absolute Gasteiger partial charge is 0.302 e. The van der Waals surface area contributed by atoms with Crippen molar-refractivity contribution in [2.45, 2.75) is 57.4 Å². The van der Waals surface area contributed by atoms with Crippen molar-refractivity contribution in [3.05, 3.63) is 54.1 Å². The SMILES string of the molecule is CCC1CCCCN1S(=O)(=O)c1ccc(C(=O)N(CCN(CC)CC)c2nc3ccccc3s2)cc1. The zero-order chi connectivity index (χ0) is 25.7. The van der Waals surface area contributed by atoms with E-state index < -0.39 is 10.0 Å². The van der Waals surface area contributed by atoms with Gasteiger partial charge < -0.3 is 4.90 Å². The Morgan fingerprint density at radius 1 is 1.03 bits per heavy atom. The molecule has 7 nitrogen and oxygen atoms in total. The molecular formula is C27H36N4O3S2. The lowest BCUT2D eigenvalue weighted by Crippen LogP contribution is -2.43. The van der Waals surface area contributed by atoms with Gasteiger partial charge in [0.1, 0.15) is 0 Å². The summed E-state index contributed by atoms with van der Waals surface area (Å²) in [5, 5.41) is 0.657. The molecule has 2 heterocycles. The molecule has 2 aromatic carbocycles. The van der Waals surface area contributed by atoms with Gasteiger partial charge in [-0.25, -0.2) is 13.4 Å². The maximum atomic E-state index is 13.7. The van der Waals surface area contributed by atoms with E-state index in [2.05, 4.69) is 18.7 Å². The van der Waals surface area contributed by atoms with Crippen LogP contribution in [0.25, 0.3) is 10.2 Å². The molecule has 1 aliphatic rings. The highest BCUT2D eigenvalue weighted by Crippen LogP contribution is 2.30. The number of hydrogen-bond acceptors (Lipinski definition) is 6. The molecule has 1 atom stereocenters. The van der Waals surface area contributed by atoms with E-state index >= 15 is 0 Å². The summed E-state index contributed by atoms with van der Waals surface area (Å²) in [6, 6.07) is 14.3. The lowest BCUT2D eigenvalue weighted by Gasteiger charge is -2.34. The number of thiazole rings is 1. The van der Waals surface area contributed by atoms with Crippen LogP contribution in [0.15, 0.2) is 53.4 Å². The number of piperidine rings is 1. The van der Waals surface area contributed by atoms with E-state index in [-0.39, 0.29) is 16.8 Å². The van der Waals surface area contributed by atoms with Crippen LogP contribution in [0.1, 0.15) is 56.8 Å². The van der Waals surface area contributed by atoms with E-state index in [0.717, 1.165) is 55.5 Å². The third-order valence-corrected chi connectivity index (χ3v) is 10.1. The summed E-state index contributed by atoms with van der Waals surface area (Å²) in [5.41, 5.74) is 1.32. The first-order valence-corrected chi connectivity index (χ1v) is 15.2. The fourth-order valence-electron chi connectivity index (χ4n) is 4.80. The molecule has 1 aromatic heterocycles. The molecule has 1 aliphatic heterocycles. The molecule has 3 aromatic rings. The van der Waals surface area contributed by atoms with E-state index in [4.69, 9.17) is 4.98 Å². The number of nitrogens with zero attached hydrogens (tertiary/aromatic N) is 4. The Morgan fingerprint density at radius 2 is 1.75 bits per heavy atom. The number of carbonyl (C=O) groups excluding carboxylic acids is 1. The Labute approximate surface area is 218 Å². The zero-order valence-electron chi connectivity index (χ0n) is 21.4. The second kappa shape index (κ2) is 11.8. The molecule has 36 heavy (non-hydrogen) atoms. The molecule has 0 spiro atoms. The Bertz CT molecular complexity index is 1240. The Balaban J connectivity index is 1.60. The minimum Gasteiger partial charge on any atom is -0.302 e. The van der Waals surface area contributed by atoms with Gasteiger partial charge in [0.15, 0.2) is 5.13 Å². The second-order valence-electron chi connectivity index (χ2n) is 9.15. The van der Waals surface area contributed by atoms with Crippen LogP contribution in [0.4, 0.5) is 5.13 Å². The summed E-state index contributed by atoms with van der Waals surface area (Å²) in [7, 11) is -3.59. The van der Waals surface area contributed by atoms with Crippen LogP contribution in [0.3, 0.4) is 0 Å². The summed E-state index contributed by atoms with van der Waals surface area (Å²) >= 11 is 1.50. The molecule has 1 fully saturated rings. The van der Waals surface area contributed by atoms with Crippen LogP contribution >= 0.6 is 11.3 Å². The van der Waals surface area contributed by atoms with E-state index in [1.165, 1.54) is 11.3 Å². The van der Waals surface area contributed by atoms with Crippen LogP contribution in [0, 0.1) is 0 Å². The average molecular weight is 529 g/mol. The smallest absolute Gasteiger partial charge is 0.260 e. The maximum Gasteiger partial charge on any atom is 0.260 e. The molecule has 0 aliphatic carbocycles. The van der Waals surface area contributed by atoms with Gasteiger partial charge in [0.25, 0.3) is 5.91 Å². The quantitative estimate of drug-likeness (QED) is 0.360. The first kappa shape index (κ1) is 26.7. The number of rotatable bonds is 10. The molecule has 4 rings (SSSR count). The lowest BCUT2D eigenvalue weighted by atomic mass is 10.0. The minimum absolute atomic E-state index is 0.0414. The molecule has 194 valence electrons. The first-order valence-electron chi connectivity index (χ1n) is 12.9. The molecule has 9 heteroatoms. The highest BCUT2D eigenvalue weighted by atomic mass is 32.2. The summed E-state index contributed by atoms with van der Waals surface area (Å²) in [4.78, 5) is 22.7. The molecule has 1 amide bonds. The van der Waals surface area contributed by atoms with Crippen molar-refractivity contribution in [3.8, 4) is 0 Å². The summed E-state index contributed by atoms with van der Waals surface area (Å²) < 4.78 is 29.4. The van der Waals surface area contributed by atoms with Crippen LogP contribution in [-0.4, -0.2) is 67.3 Å². The molecule has 0 N–H and O–H groups in total. The van der Waals surface area contributed by atoms with Crippen LogP contribution < -0.4 is 4.90 Å². The van der Waals surface area contributed by atoms with Gasteiger partial charge >= 0.3 is 0 Å². The second-order valence-corrected chi connectivity index (χ2v) is 12.0. The predicted molar refractivity (Wildman–Crippen MR) is 147 cm³/mol.